The Morgan fingerprint density at radius 3 is 2.47 bits per heavy atom. The van der Waals surface area contributed by atoms with Crippen molar-refractivity contribution in [3.05, 3.63) is 18.0 Å². The van der Waals surface area contributed by atoms with E-state index in [0.29, 0.717) is 0 Å². The van der Waals surface area contributed by atoms with E-state index in [1.165, 1.54) is 0 Å². The van der Waals surface area contributed by atoms with Crippen molar-refractivity contribution >= 4 is 5.95 Å². The summed E-state index contributed by atoms with van der Waals surface area (Å²) >= 11 is 0. The maximum Gasteiger partial charge on any atom is 0.225 e. The number of rotatable bonds is 6. The van der Waals surface area contributed by atoms with Gasteiger partial charge in [0.1, 0.15) is 0 Å². The molecule has 15 heavy (non-hydrogen) atoms. The molecule has 0 saturated carbocycles. The zero-order chi connectivity index (χ0) is 11.1. The second kappa shape index (κ2) is 6.35. The normalized spacial score (nSPS) is 10.3. The molecule has 1 aromatic rings. The predicted molar refractivity (Wildman–Crippen MR) is 63.2 cm³/mol. The second-order valence-electron chi connectivity index (χ2n) is 3.49. The quantitative estimate of drug-likeness (QED) is 0.714. The van der Waals surface area contributed by atoms with Gasteiger partial charge in [-0.3, -0.25) is 0 Å². The molecule has 0 aliphatic heterocycles. The van der Waals surface area contributed by atoms with Gasteiger partial charge in [-0.1, -0.05) is 6.92 Å². The van der Waals surface area contributed by atoms with Gasteiger partial charge in [0.25, 0.3) is 0 Å². The lowest BCUT2D eigenvalue weighted by Gasteiger charge is -2.20. The fourth-order valence-corrected chi connectivity index (χ4v) is 1.34. The average Bonchev–Trinajstić information content (AvgIpc) is 2.26. The van der Waals surface area contributed by atoms with Crippen LogP contribution < -0.4 is 10.2 Å². The Labute approximate surface area is 91.7 Å². The molecular formula is C11H20N4. The second-order valence-corrected chi connectivity index (χ2v) is 3.49. The molecule has 84 valence electrons. The molecule has 0 aliphatic carbocycles. The Kier molecular flexibility index (Phi) is 5.04. The summed E-state index contributed by atoms with van der Waals surface area (Å²) in [5.41, 5.74) is 1.10. The minimum atomic E-state index is 0.820. The molecule has 0 aromatic carbocycles. The lowest BCUT2D eigenvalue weighted by Crippen LogP contribution is -2.33. The van der Waals surface area contributed by atoms with E-state index in [4.69, 9.17) is 0 Å². The highest BCUT2D eigenvalue weighted by Gasteiger charge is 2.05. The molecule has 1 aromatic heterocycles. The van der Waals surface area contributed by atoms with Gasteiger partial charge in [-0.15, -0.1) is 0 Å². The number of anilines is 1. The summed E-state index contributed by atoms with van der Waals surface area (Å²) in [7, 11) is 0. The zero-order valence-corrected chi connectivity index (χ0v) is 9.82. The summed E-state index contributed by atoms with van der Waals surface area (Å²) in [6.45, 7) is 10.1. The predicted octanol–water partition coefficient (Wildman–Crippen LogP) is 1.22. The van der Waals surface area contributed by atoms with Gasteiger partial charge in [0, 0.05) is 32.0 Å². The lowest BCUT2D eigenvalue weighted by molar-refractivity contribution is 0.678. The van der Waals surface area contributed by atoms with Gasteiger partial charge >= 0.3 is 0 Å². The molecule has 1 rings (SSSR count). The molecule has 4 nitrogen and oxygen atoms in total. The van der Waals surface area contributed by atoms with Crippen LogP contribution in [0.2, 0.25) is 0 Å². The fraction of sp³-hybridized carbons (Fsp3) is 0.636. The summed E-state index contributed by atoms with van der Waals surface area (Å²) in [5, 5.41) is 3.30. The molecule has 0 bridgehead atoms. The van der Waals surface area contributed by atoms with Crippen LogP contribution in [0.4, 0.5) is 5.95 Å². The van der Waals surface area contributed by atoms with E-state index in [0.717, 1.165) is 37.7 Å². The molecule has 0 spiro atoms. The van der Waals surface area contributed by atoms with Crippen molar-refractivity contribution in [1.29, 1.82) is 0 Å². The van der Waals surface area contributed by atoms with Crippen LogP contribution in [-0.2, 0) is 0 Å². The monoisotopic (exact) mass is 208 g/mol. The summed E-state index contributed by atoms with van der Waals surface area (Å²) in [6, 6.07) is 0. The molecule has 0 saturated heterocycles. The van der Waals surface area contributed by atoms with Crippen molar-refractivity contribution in [3.63, 3.8) is 0 Å². The van der Waals surface area contributed by atoms with Crippen molar-refractivity contribution in [3.8, 4) is 0 Å². The number of hydrogen-bond donors (Lipinski definition) is 1. The van der Waals surface area contributed by atoms with Crippen LogP contribution in [0.3, 0.4) is 0 Å². The molecule has 0 amide bonds. The van der Waals surface area contributed by atoms with Crippen molar-refractivity contribution in [2.24, 2.45) is 0 Å². The Hall–Kier alpha value is -1.16. The van der Waals surface area contributed by atoms with E-state index in [9.17, 15) is 0 Å². The first kappa shape index (κ1) is 11.9. The van der Waals surface area contributed by atoms with E-state index >= 15 is 0 Å². The Bertz CT molecular complexity index is 270. The van der Waals surface area contributed by atoms with Crippen molar-refractivity contribution in [2.75, 3.05) is 31.1 Å². The summed E-state index contributed by atoms with van der Waals surface area (Å²) < 4.78 is 0. The third-order valence-electron chi connectivity index (χ3n) is 2.24. The van der Waals surface area contributed by atoms with E-state index in [1.54, 1.807) is 0 Å². The largest absolute Gasteiger partial charge is 0.340 e. The molecular weight excluding hydrogens is 188 g/mol. The molecule has 0 unspecified atom stereocenters. The van der Waals surface area contributed by atoms with Crippen molar-refractivity contribution < 1.29 is 0 Å². The third kappa shape index (κ3) is 3.83. The molecule has 4 heteroatoms. The average molecular weight is 208 g/mol. The van der Waals surface area contributed by atoms with Gasteiger partial charge in [-0.25, -0.2) is 9.97 Å². The van der Waals surface area contributed by atoms with Crippen molar-refractivity contribution in [1.82, 2.24) is 15.3 Å². The SMILES string of the molecule is CCNCCN(CC)c1ncc(C)cn1. The lowest BCUT2D eigenvalue weighted by atomic mass is 10.4. The highest BCUT2D eigenvalue weighted by molar-refractivity contribution is 5.29. The highest BCUT2D eigenvalue weighted by atomic mass is 15.2. The van der Waals surface area contributed by atoms with E-state index in [2.05, 4.69) is 34.0 Å². The number of likely N-dealkylation sites (N-methyl/N-ethyl adjacent to an activating group) is 2. The Balaban J connectivity index is 2.53. The zero-order valence-electron chi connectivity index (χ0n) is 9.82. The molecule has 0 atom stereocenters. The molecule has 0 radical (unpaired) electrons. The van der Waals surface area contributed by atoms with Gasteiger partial charge in [-0.2, -0.15) is 0 Å². The van der Waals surface area contributed by atoms with Crippen LogP contribution in [0.5, 0.6) is 0 Å². The number of aromatic nitrogens is 2. The van der Waals surface area contributed by atoms with E-state index in [1.807, 2.05) is 19.3 Å². The summed E-state index contributed by atoms with van der Waals surface area (Å²) in [4.78, 5) is 10.8. The maximum absolute atomic E-state index is 4.32. The first-order valence-electron chi connectivity index (χ1n) is 5.52. The van der Waals surface area contributed by atoms with Crippen LogP contribution >= 0.6 is 0 Å². The minimum Gasteiger partial charge on any atom is -0.340 e. The van der Waals surface area contributed by atoms with E-state index < -0.39 is 0 Å². The summed E-state index contributed by atoms with van der Waals surface area (Å²) in [5.74, 6) is 0.820. The van der Waals surface area contributed by atoms with E-state index in [-0.39, 0.29) is 0 Å². The van der Waals surface area contributed by atoms with Gasteiger partial charge in [0.15, 0.2) is 0 Å². The number of nitrogens with one attached hydrogen (secondary N) is 1. The van der Waals surface area contributed by atoms with Gasteiger partial charge in [-0.05, 0) is 26.0 Å². The molecule has 0 fully saturated rings. The number of hydrogen-bond acceptors (Lipinski definition) is 4. The first-order chi connectivity index (χ1) is 7.27. The standard InChI is InChI=1S/C11H20N4/c1-4-12-6-7-15(5-2)11-13-8-10(3)9-14-11/h8-9,12H,4-7H2,1-3H3. The van der Waals surface area contributed by atoms with Crippen LogP contribution in [0.1, 0.15) is 19.4 Å². The Morgan fingerprint density at radius 2 is 1.93 bits per heavy atom. The minimum absolute atomic E-state index is 0.820. The van der Waals surface area contributed by atoms with Crippen LogP contribution in [-0.4, -0.2) is 36.1 Å². The third-order valence-corrected chi connectivity index (χ3v) is 2.24. The fourth-order valence-electron chi connectivity index (χ4n) is 1.34. The number of nitrogens with zero attached hydrogens (tertiary/aromatic N) is 3. The highest BCUT2D eigenvalue weighted by Crippen LogP contribution is 2.05. The van der Waals surface area contributed by atoms with Crippen LogP contribution in [0.15, 0.2) is 12.4 Å². The first-order valence-corrected chi connectivity index (χ1v) is 5.52. The topological polar surface area (TPSA) is 41.0 Å². The number of aryl methyl sites for hydroxylation is 1. The molecule has 0 aliphatic rings. The summed E-state index contributed by atoms with van der Waals surface area (Å²) in [6.07, 6.45) is 3.72. The van der Waals surface area contributed by atoms with Crippen molar-refractivity contribution in [2.45, 2.75) is 20.8 Å². The smallest absolute Gasteiger partial charge is 0.225 e. The maximum atomic E-state index is 4.32. The molecule has 1 N–H and O–H groups in total. The van der Waals surface area contributed by atoms with Gasteiger partial charge in [0.05, 0.1) is 0 Å². The van der Waals surface area contributed by atoms with Gasteiger partial charge in [0.2, 0.25) is 5.95 Å². The van der Waals surface area contributed by atoms with Gasteiger partial charge < -0.3 is 10.2 Å². The Morgan fingerprint density at radius 1 is 1.27 bits per heavy atom. The van der Waals surface area contributed by atoms with Crippen LogP contribution in [0, 0.1) is 6.92 Å². The molecule has 1 heterocycles. The van der Waals surface area contributed by atoms with Crippen LogP contribution in [0.25, 0.3) is 0 Å².